The number of ether oxygens (including phenoxy) is 2. The fourth-order valence-electron chi connectivity index (χ4n) is 1.72. The lowest BCUT2D eigenvalue weighted by Crippen LogP contribution is -2.30. The molecule has 2 atom stereocenters. The third kappa shape index (κ3) is 1.40. The SMILES string of the molecule is C[C@@]12N=C(CCC#N)O[C@@H]1CCO2. The summed E-state index contributed by atoms with van der Waals surface area (Å²) >= 11 is 0. The summed E-state index contributed by atoms with van der Waals surface area (Å²) in [5.41, 5.74) is -0.467. The molecule has 1 fully saturated rings. The van der Waals surface area contributed by atoms with Crippen molar-refractivity contribution in [2.24, 2.45) is 4.99 Å². The Labute approximate surface area is 77.2 Å². The van der Waals surface area contributed by atoms with Crippen LogP contribution in [0, 0.1) is 11.3 Å². The predicted octanol–water partition coefficient (Wildman–Crippen LogP) is 1.22. The highest BCUT2D eigenvalue weighted by Gasteiger charge is 2.46. The van der Waals surface area contributed by atoms with Crippen LogP contribution in [0.5, 0.6) is 0 Å². The van der Waals surface area contributed by atoms with E-state index in [2.05, 4.69) is 11.1 Å². The zero-order valence-corrected chi connectivity index (χ0v) is 7.62. The van der Waals surface area contributed by atoms with E-state index in [9.17, 15) is 0 Å². The molecular formula is C9H12N2O2. The van der Waals surface area contributed by atoms with Gasteiger partial charge in [-0.15, -0.1) is 0 Å². The van der Waals surface area contributed by atoms with E-state index in [4.69, 9.17) is 14.7 Å². The predicted molar refractivity (Wildman–Crippen MR) is 46.1 cm³/mol. The second-order valence-corrected chi connectivity index (χ2v) is 3.46. The first-order valence-corrected chi connectivity index (χ1v) is 4.51. The number of rotatable bonds is 2. The lowest BCUT2D eigenvalue weighted by atomic mass is 10.1. The molecule has 0 N–H and O–H groups in total. The van der Waals surface area contributed by atoms with E-state index in [0.29, 0.717) is 18.7 Å². The van der Waals surface area contributed by atoms with Crippen LogP contribution in [0.15, 0.2) is 4.99 Å². The maximum absolute atomic E-state index is 8.40. The first kappa shape index (κ1) is 8.52. The van der Waals surface area contributed by atoms with E-state index in [-0.39, 0.29) is 6.10 Å². The van der Waals surface area contributed by atoms with E-state index < -0.39 is 5.72 Å². The molecule has 0 unspecified atom stereocenters. The van der Waals surface area contributed by atoms with Crippen LogP contribution < -0.4 is 0 Å². The average molecular weight is 180 g/mol. The fourth-order valence-corrected chi connectivity index (χ4v) is 1.72. The Morgan fingerprint density at radius 3 is 3.31 bits per heavy atom. The Bertz CT molecular complexity index is 282. The average Bonchev–Trinajstić information content (AvgIpc) is 2.55. The van der Waals surface area contributed by atoms with E-state index in [1.807, 2.05) is 6.92 Å². The van der Waals surface area contributed by atoms with Crippen LogP contribution in [0.25, 0.3) is 0 Å². The smallest absolute Gasteiger partial charge is 0.196 e. The Morgan fingerprint density at radius 1 is 1.77 bits per heavy atom. The first-order chi connectivity index (χ1) is 6.24. The fraction of sp³-hybridized carbons (Fsp3) is 0.778. The standard InChI is InChI=1S/C9H12N2O2/c1-9-7(4-6-12-9)13-8(11-9)3-2-5-10/h7H,2-4,6H2,1H3/t7-,9+/m1/s1. The van der Waals surface area contributed by atoms with Gasteiger partial charge in [-0.3, -0.25) is 0 Å². The van der Waals surface area contributed by atoms with Gasteiger partial charge in [0.05, 0.1) is 12.7 Å². The first-order valence-electron chi connectivity index (χ1n) is 4.51. The molecule has 0 aliphatic carbocycles. The van der Waals surface area contributed by atoms with Gasteiger partial charge in [0.2, 0.25) is 0 Å². The minimum absolute atomic E-state index is 0.0705. The molecule has 0 bridgehead atoms. The summed E-state index contributed by atoms with van der Waals surface area (Å²) < 4.78 is 11.0. The molecule has 4 nitrogen and oxygen atoms in total. The van der Waals surface area contributed by atoms with E-state index >= 15 is 0 Å². The highest BCUT2D eigenvalue weighted by atomic mass is 16.6. The molecule has 0 saturated carbocycles. The molecule has 4 heteroatoms. The van der Waals surface area contributed by atoms with Gasteiger partial charge in [0.1, 0.15) is 0 Å². The Kier molecular flexibility index (Phi) is 1.97. The number of nitriles is 1. The van der Waals surface area contributed by atoms with Gasteiger partial charge in [-0.2, -0.15) is 5.26 Å². The summed E-state index contributed by atoms with van der Waals surface area (Å²) in [4.78, 5) is 4.34. The van der Waals surface area contributed by atoms with Crippen molar-refractivity contribution in [3.8, 4) is 6.07 Å². The molecule has 70 valence electrons. The van der Waals surface area contributed by atoms with E-state index in [1.165, 1.54) is 0 Å². The van der Waals surface area contributed by atoms with E-state index in [1.54, 1.807) is 0 Å². The maximum atomic E-state index is 8.40. The Morgan fingerprint density at radius 2 is 2.62 bits per heavy atom. The van der Waals surface area contributed by atoms with Crippen molar-refractivity contribution in [3.63, 3.8) is 0 Å². The number of hydrogen-bond acceptors (Lipinski definition) is 4. The second kappa shape index (κ2) is 3.00. The van der Waals surface area contributed by atoms with Gasteiger partial charge in [0.25, 0.3) is 0 Å². The monoisotopic (exact) mass is 180 g/mol. The number of fused-ring (bicyclic) bond motifs is 1. The van der Waals surface area contributed by atoms with Gasteiger partial charge in [-0.05, 0) is 6.92 Å². The summed E-state index contributed by atoms with van der Waals surface area (Å²) in [6.07, 6.45) is 2.03. The highest BCUT2D eigenvalue weighted by molar-refractivity contribution is 5.78. The zero-order chi connectivity index (χ0) is 9.31. The van der Waals surface area contributed by atoms with Gasteiger partial charge in [0.15, 0.2) is 17.7 Å². The van der Waals surface area contributed by atoms with Gasteiger partial charge in [0, 0.05) is 19.3 Å². The Hall–Kier alpha value is -1.08. The summed E-state index contributed by atoms with van der Waals surface area (Å²) in [6, 6.07) is 2.07. The van der Waals surface area contributed by atoms with Crippen LogP contribution in [-0.4, -0.2) is 24.3 Å². The van der Waals surface area contributed by atoms with Gasteiger partial charge in [-0.25, -0.2) is 4.99 Å². The topological polar surface area (TPSA) is 54.6 Å². The highest BCUT2D eigenvalue weighted by Crippen LogP contribution is 2.35. The van der Waals surface area contributed by atoms with Crippen molar-refractivity contribution in [2.75, 3.05) is 6.61 Å². The van der Waals surface area contributed by atoms with Crippen LogP contribution in [0.1, 0.15) is 26.2 Å². The van der Waals surface area contributed by atoms with Crippen molar-refractivity contribution in [1.29, 1.82) is 5.26 Å². The molecule has 2 heterocycles. The van der Waals surface area contributed by atoms with Gasteiger partial charge in [-0.1, -0.05) is 0 Å². The summed E-state index contributed by atoms with van der Waals surface area (Å²) in [5, 5.41) is 8.40. The molecule has 0 amide bonds. The minimum atomic E-state index is -0.467. The van der Waals surface area contributed by atoms with Crippen molar-refractivity contribution >= 4 is 5.90 Å². The molecule has 0 aromatic rings. The van der Waals surface area contributed by atoms with Crippen molar-refractivity contribution < 1.29 is 9.47 Å². The molecule has 2 rings (SSSR count). The largest absolute Gasteiger partial charge is 0.472 e. The van der Waals surface area contributed by atoms with Crippen molar-refractivity contribution in [2.45, 2.75) is 38.0 Å². The second-order valence-electron chi connectivity index (χ2n) is 3.46. The van der Waals surface area contributed by atoms with Crippen LogP contribution in [-0.2, 0) is 9.47 Å². The van der Waals surface area contributed by atoms with Crippen LogP contribution in [0.4, 0.5) is 0 Å². The molecule has 0 aromatic heterocycles. The molecule has 1 saturated heterocycles. The summed E-state index contributed by atoms with van der Waals surface area (Å²) in [5.74, 6) is 0.675. The van der Waals surface area contributed by atoms with Crippen LogP contribution in [0.2, 0.25) is 0 Å². The van der Waals surface area contributed by atoms with Gasteiger partial charge >= 0.3 is 0 Å². The van der Waals surface area contributed by atoms with E-state index in [0.717, 1.165) is 13.0 Å². The normalized spacial score (nSPS) is 36.3. The zero-order valence-electron chi connectivity index (χ0n) is 7.62. The van der Waals surface area contributed by atoms with Crippen molar-refractivity contribution in [1.82, 2.24) is 0 Å². The molecule has 0 spiro atoms. The molecule has 2 aliphatic heterocycles. The van der Waals surface area contributed by atoms with Crippen molar-refractivity contribution in [3.05, 3.63) is 0 Å². The lowest BCUT2D eigenvalue weighted by Gasteiger charge is -2.16. The third-order valence-corrected chi connectivity index (χ3v) is 2.45. The quantitative estimate of drug-likeness (QED) is 0.642. The lowest BCUT2D eigenvalue weighted by molar-refractivity contribution is -0.00884. The molecule has 0 radical (unpaired) electrons. The molecule has 0 aromatic carbocycles. The summed E-state index contributed by atoms with van der Waals surface area (Å²) in [7, 11) is 0. The Balaban J connectivity index is 2.02. The maximum Gasteiger partial charge on any atom is 0.196 e. The molecule has 13 heavy (non-hydrogen) atoms. The number of aliphatic imine (C=N–C) groups is 1. The third-order valence-electron chi connectivity index (χ3n) is 2.45. The number of nitrogens with zero attached hydrogens (tertiary/aromatic N) is 2. The molecular weight excluding hydrogens is 168 g/mol. The number of hydrogen-bond donors (Lipinski definition) is 0. The van der Waals surface area contributed by atoms with Crippen LogP contribution in [0.3, 0.4) is 0 Å². The molecule has 2 aliphatic rings. The summed E-state index contributed by atoms with van der Waals surface area (Å²) in [6.45, 7) is 2.65. The van der Waals surface area contributed by atoms with Gasteiger partial charge < -0.3 is 9.47 Å². The minimum Gasteiger partial charge on any atom is -0.472 e. The van der Waals surface area contributed by atoms with Crippen LogP contribution >= 0.6 is 0 Å².